The molecule has 0 bridgehead atoms. The van der Waals surface area contributed by atoms with Gasteiger partial charge in [0.1, 0.15) is 0 Å². The molecule has 128 valence electrons. The molecule has 0 radical (unpaired) electrons. The molecular formula is C16H39N5. The van der Waals surface area contributed by atoms with E-state index in [9.17, 15) is 0 Å². The van der Waals surface area contributed by atoms with Crippen molar-refractivity contribution in [3.8, 4) is 0 Å². The topological polar surface area (TPSA) is 60.1 Å². The van der Waals surface area contributed by atoms with Gasteiger partial charge in [-0.2, -0.15) is 0 Å². The summed E-state index contributed by atoms with van der Waals surface area (Å²) in [6.45, 7) is 17.2. The summed E-state index contributed by atoms with van der Waals surface area (Å²) in [6, 6.07) is 1.26. The Kier molecular flexibility index (Phi) is 16.0. The fourth-order valence-electron chi connectivity index (χ4n) is 1.83. The molecule has 0 aliphatic heterocycles. The quantitative estimate of drug-likeness (QED) is 0.269. The van der Waals surface area contributed by atoms with E-state index >= 15 is 0 Å². The molecule has 21 heavy (non-hydrogen) atoms. The molecule has 5 nitrogen and oxygen atoms in total. The molecule has 0 rings (SSSR count). The molecule has 0 saturated carbocycles. The van der Waals surface area contributed by atoms with Gasteiger partial charge in [-0.1, -0.05) is 13.8 Å². The molecule has 0 aromatic heterocycles. The lowest BCUT2D eigenvalue weighted by Gasteiger charge is -2.12. The van der Waals surface area contributed by atoms with Crippen LogP contribution in [0.25, 0.3) is 0 Å². The molecule has 0 amide bonds. The Hall–Kier alpha value is -0.200. The molecule has 5 heteroatoms. The van der Waals surface area contributed by atoms with Gasteiger partial charge < -0.3 is 26.6 Å². The zero-order valence-electron chi connectivity index (χ0n) is 14.7. The summed E-state index contributed by atoms with van der Waals surface area (Å²) >= 11 is 0. The van der Waals surface area contributed by atoms with E-state index in [-0.39, 0.29) is 0 Å². The van der Waals surface area contributed by atoms with Gasteiger partial charge in [-0.15, -0.1) is 0 Å². The van der Waals surface area contributed by atoms with E-state index in [1.807, 2.05) is 0 Å². The SMILES string of the molecule is CCC(C)NCCNCCNCCNCCNC(C)CC. The predicted octanol–water partition coefficient (Wildman–Crippen LogP) is 0.531. The van der Waals surface area contributed by atoms with Crippen molar-refractivity contribution in [2.24, 2.45) is 0 Å². The predicted molar refractivity (Wildman–Crippen MR) is 94.1 cm³/mol. The van der Waals surface area contributed by atoms with Gasteiger partial charge >= 0.3 is 0 Å². The maximum atomic E-state index is 3.48. The maximum Gasteiger partial charge on any atom is 0.00792 e. The van der Waals surface area contributed by atoms with Crippen molar-refractivity contribution >= 4 is 0 Å². The Morgan fingerprint density at radius 1 is 0.524 bits per heavy atom. The largest absolute Gasteiger partial charge is 0.314 e. The Morgan fingerprint density at radius 3 is 1.10 bits per heavy atom. The van der Waals surface area contributed by atoms with Crippen LogP contribution in [-0.2, 0) is 0 Å². The molecule has 0 saturated heterocycles. The molecule has 0 aliphatic rings. The third-order valence-corrected chi connectivity index (χ3v) is 3.77. The van der Waals surface area contributed by atoms with E-state index in [1.165, 1.54) is 12.8 Å². The number of hydrogen-bond acceptors (Lipinski definition) is 5. The zero-order valence-corrected chi connectivity index (χ0v) is 14.7. The van der Waals surface area contributed by atoms with E-state index in [1.54, 1.807) is 0 Å². The summed E-state index contributed by atoms with van der Waals surface area (Å²) in [5.41, 5.74) is 0. The normalized spacial score (nSPS) is 14.3. The van der Waals surface area contributed by atoms with Crippen LogP contribution >= 0.6 is 0 Å². The van der Waals surface area contributed by atoms with Gasteiger partial charge in [0.25, 0.3) is 0 Å². The second-order valence-corrected chi connectivity index (χ2v) is 5.78. The molecule has 0 aromatic carbocycles. The lowest BCUT2D eigenvalue weighted by molar-refractivity contribution is 0.504. The monoisotopic (exact) mass is 301 g/mol. The first-order valence-corrected chi connectivity index (χ1v) is 8.79. The molecule has 0 aliphatic carbocycles. The first kappa shape index (κ1) is 20.8. The molecule has 2 atom stereocenters. The highest BCUT2D eigenvalue weighted by atomic mass is 15.0. The van der Waals surface area contributed by atoms with Crippen LogP contribution in [0, 0.1) is 0 Å². The minimum absolute atomic E-state index is 0.630. The summed E-state index contributed by atoms with van der Waals surface area (Å²) in [5.74, 6) is 0. The Balaban J connectivity index is 3.03. The van der Waals surface area contributed by atoms with E-state index in [0.29, 0.717) is 12.1 Å². The average molecular weight is 302 g/mol. The van der Waals surface area contributed by atoms with Crippen LogP contribution < -0.4 is 26.6 Å². The van der Waals surface area contributed by atoms with Gasteiger partial charge in [-0.25, -0.2) is 0 Å². The maximum absolute atomic E-state index is 3.48. The van der Waals surface area contributed by atoms with E-state index in [4.69, 9.17) is 0 Å². The molecule has 0 heterocycles. The van der Waals surface area contributed by atoms with Gasteiger partial charge in [0, 0.05) is 64.4 Å². The number of nitrogens with one attached hydrogen (secondary N) is 5. The summed E-state index contributed by atoms with van der Waals surface area (Å²) < 4.78 is 0. The molecule has 0 aromatic rings. The van der Waals surface area contributed by atoms with Gasteiger partial charge in [-0.05, 0) is 26.7 Å². The zero-order chi connectivity index (χ0) is 15.8. The van der Waals surface area contributed by atoms with Crippen LogP contribution in [-0.4, -0.2) is 64.4 Å². The average Bonchev–Trinajstić information content (AvgIpc) is 2.51. The fourth-order valence-corrected chi connectivity index (χ4v) is 1.83. The molecule has 0 fully saturated rings. The van der Waals surface area contributed by atoms with Crippen molar-refractivity contribution in [2.45, 2.75) is 52.6 Å². The van der Waals surface area contributed by atoms with Crippen molar-refractivity contribution < 1.29 is 0 Å². The molecule has 5 N–H and O–H groups in total. The summed E-state index contributed by atoms with van der Waals surface area (Å²) in [7, 11) is 0. The van der Waals surface area contributed by atoms with E-state index < -0.39 is 0 Å². The highest BCUT2D eigenvalue weighted by molar-refractivity contribution is 4.61. The number of hydrogen-bond donors (Lipinski definition) is 5. The standard InChI is InChI=1S/C16H39N5/c1-5-15(3)20-13-11-18-9-7-17-8-10-19-12-14-21-16(4)6-2/h15-21H,5-14H2,1-4H3. The lowest BCUT2D eigenvalue weighted by atomic mass is 10.2. The van der Waals surface area contributed by atoms with Crippen LogP contribution in [0.15, 0.2) is 0 Å². The van der Waals surface area contributed by atoms with Gasteiger partial charge in [0.15, 0.2) is 0 Å². The molecule has 2 unspecified atom stereocenters. The van der Waals surface area contributed by atoms with Gasteiger partial charge in [-0.3, -0.25) is 0 Å². The summed E-state index contributed by atoms with van der Waals surface area (Å²) in [6.07, 6.45) is 2.39. The van der Waals surface area contributed by atoms with E-state index in [2.05, 4.69) is 54.3 Å². The van der Waals surface area contributed by atoms with Crippen molar-refractivity contribution in [1.29, 1.82) is 0 Å². The Bertz CT molecular complexity index is 181. The Morgan fingerprint density at radius 2 is 0.810 bits per heavy atom. The molecule has 0 spiro atoms. The van der Waals surface area contributed by atoms with Gasteiger partial charge in [0.05, 0.1) is 0 Å². The smallest absolute Gasteiger partial charge is 0.00792 e. The fraction of sp³-hybridized carbons (Fsp3) is 1.00. The minimum Gasteiger partial charge on any atom is -0.314 e. The first-order valence-electron chi connectivity index (χ1n) is 8.79. The lowest BCUT2D eigenvalue weighted by Crippen LogP contribution is -2.38. The van der Waals surface area contributed by atoms with Crippen molar-refractivity contribution in [1.82, 2.24) is 26.6 Å². The second-order valence-electron chi connectivity index (χ2n) is 5.78. The summed E-state index contributed by atoms with van der Waals surface area (Å²) in [4.78, 5) is 0. The second kappa shape index (κ2) is 16.2. The van der Waals surface area contributed by atoms with Crippen LogP contribution in [0.5, 0.6) is 0 Å². The van der Waals surface area contributed by atoms with Crippen LogP contribution in [0.3, 0.4) is 0 Å². The third-order valence-electron chi connectivity index (χ3n) is 3.77. The van der Waals surface area contributed by atoms with Crippen molar-refractivity contribution in [3.63, 3.8) is 0 Å². The van der Waals surface area contributed by atoms with Crippen LogP contribution in [0.1, 0.15) is 40.5 Å². The van der Waals surface area contributed by atoms with E-state index in [0.717, 1.165) is 52.4 Å². The van der Waals surface area contributed by atoms with Crippen molar-refractivity contribution in [2.75, 3.05) is 52.4 Å². The van der Waals surface area contributed by atoms with Crippen LogP contribution in [0.2, 0.25) is 0 Å². The highest BCUT2D eigenvalue weighted by Crippen LogP contribution is 1.85. The van der Waals surface area contributed by atoms with Crippen molar-refractivity contribution in [3.05, 3.63) is 0 Å². The highest BCUT2D eigenvalue weighted by Gasteiger charge is 1.96. The number of rotatable bonds is 16. The third kappa shape index (κ3) is 16.0. The Labute approximate surface area is 132 Å². The van der Waals surface area contributed by atoms with Crippen LogP contribution in [0.4, 0.5) is 0 Å². The first-order chi connectivity index (χ1) is 10.2. The molecular weight excluding hydrogens is 262 g/mol. The summed E-state index contributed by atoms with van der Waals surface area (Å²) in [5, 5.41) is 17.3. The minimum atomic E-state index is 0.630. The van der Waals surface area contributed by atoms with Gasteiger partial charge in [0.2, 0.25) is 0 Å².